The van der Waals surface area contributed by atoms with E-state index in [1.54, 1.807) is 26.0 Å². The van der Waals surface area contributed by atoms with E-state index in [-0.39, 0.29) is 12.6 Å². The van der Waals surface area contributed by atoms with Crippen molar-refractivity contribution >= 4 is 12.0 Å². The molecule has 0 aromatic heterocycles. The Morgan fingerprint density at radius 2 is 2.17 bits per heavy atom. The fourth-order valence-corrected chi connectivity index (χ4v) is 1.38. The number of nitrogens with zero attached hydrogens (tertiary/aromatic N) is 1. The van der Waals surface area contributed by atoms with E-state index in [4.69, 9.17) is 14.7 Å². The van der Waals surface area contributed by atoms with Gasteiger partial charge in [-0.3, -0.25) is 0 Å². The second-order valence-electron chi connectivity index (χ2n) is 3.53. The molecule has 0 aliphatic heterocycles. The Bertz CT molecular complexity index is 486. The van der Waals surface area contributed by atoms with Gasteiger partial charge in [-0.25, -0.2) is 4.79 Å². The largest absolute Gasteiger partial charge is 0.478 e. The van der Waals surface area contributed by atoms with Crippen LogP contribution < -0.4 is 4.74 Å². The summed E-state index contributed by atoms with van der Waals surface area (Å²) in [7, 11) is 0. The zero-order valence-corrected chi connectivity index (χ0v) is 10.5. The number of carbonyl (C=O) groups excluding carboxylic acids is 1. The average molecular weight is 245 g/mol. The summed E-state index contributed by atoms with van der Waals surface area (Å²) in [5, 5.41) is 8.49. The summed E-state index contributed by atoms with van der Waals surface area (Å²) in [4.78, 5) is 11.5. The predicted molar refractivity (Wildman–Crippen MR) is 67.8 cm³/mol. The summed E-state index contributed by atoms with van der Waals surface area (Å²) in [5.74, 6) is 0.218. The highest BCUT2D eigenvalue weighted by Gasteiger charge is 2.07. The Morgan fingerprint density at radius 3 is 2.83 bits per heavy atom. The van der Waals surface area contributed by atoms with Gasteiger partial charge in [0, 0.05) is 11.1 Å². The number of carbonyl (C=O) groups is 1. The molecule has 0 aliphatic rings. The normalized spacial score (nSPS) is 10.6. The van der Waals surface area contributed by atoms with E-state index in [9.17, 15) is 4.79 Å². The third-order valence-electron chi connectivity index (χ3n) is 2.18. The summed E-state index contributed by atoms with van der Waals surface area (Å²) in [5.41, 5.74) is 1.24. The molecule has 0 unspecified atom stereocenters. The molecule has 0 saturated carbocycles. The first-order valence-electron chi connectivity index (χ1n) is 5.63. The number of hydrogen-bond donors (Lipinski definition) is 0. The molecule has 0 aliphatic carbocycles. The fourth-order valence-electron chi connectivity index (χ4n) is 1.38. The lowest BCUT2D eigenvalue weighted by atomic mass is 10.1. The summed E-state index contributed by atoms with van der Waals surface area (Å²) >= 11 is 0. The molecule has 4 heteroatoms. The minimum absolute atomic E-state index is 0.0245. The van der Waals surface area contributed by atoms with Gasteiger partial charge in [-0.05, 0) is 26.0 Å². The van der Waals surface area contributed by atoms with Crippen LogP contribution in [0, 0.1) is 11.3 Å². The van der Waals surface area contributed by atoms with E-state index in [1.165, 1.54) is 0 Å². The quantitative estimate of drug-likeness (QED) is 0.591. The van der Waals surface area contributed by atoms with Crippen LogP contribution in [0.25, 0.3) is 6.08 Å². The first-order chi connectivity index (χ1) is 8.69. The molecule has 1 aromatic carbocycles. The van der Waals surface area contributed by atoms with Crippen molar-refractivity contribution in [3.05, 3.63) is 35.4 Å². The Balaban J connectivity index is 2.92. The zero-order chi connectivity index (χ0) is 13.4. The van der Waals surface area contributed by atoms with Crippen LogP contribution >= 0.6 is 0 Å². The van der Waals surface area contributed by atoms with Gasteiger partial charge in [0.05, 0.1) is 6.61 Å². The summed E-state index contributed by atoms with van der Waals surface area (Å²) in [6, 6.07) is 9.12. The number of para-hydroxylation sites is 1. The van der Waals surface area contributed by atoms with Crippen LogP contribution in [0.15, 0.2) is 29.8 Å². The van der Waals surface area contributed by atoms with Crippen LogP contribution in [0.1, 0.15) is 19.4 Å². The number of benzene rings is 1. The molecule has 18 heavy (non-hydrogen) atoms. The van der Waals surface area contributed by atoms with E-state index < -0.39 is 0 Å². The molecule has 0 fully saturated rings. The summed E-state index contributed by atoms with van der Waals surface area (Å²) in [6.07, 6.45) is 1.69. The van der Waals surface area contributed by atoms with Crippen molar-refractivity contribution in [2.75, 3.05) is 13.2 Å². The molecule has 4 nitrogen and oxygen atoms in total. The third-order valence-corrected chi connectivity index (χ3v) is 2.18. The van der Waals surface area contributed by atoms with Crippen molar-refractivity contribution in [1.82, 2.24) is 0 Å². The van der Waals surface area contributed by atoms with Gasteiger partial charge in [-0.1, -0.05) is 18.2 Å². The van der Waals surface area contributed by atoms with Crippen molar-refractivity contribution in [2.45, 2.75) is 13.8 Å². The lowest BCUT2D eigenvalue weighted by Crippen LogP contribution is -2.05. The summed E-state index contributed by atoms with van der Waals surface area (Å²) in [6.45, 7) is 3.76. The number of esters is 1. The number of rotatable bonds is 5. The Labute approximate surface area is 106 Å². The third kappa shape index (κ3) is 3.95. The molecule has 1 aromatic rings. The van der Waals surface area contributed by atoms with E-state index in [2.05, 4.69) is 0 Å². The van der Waals surface area contributed by atoms with Crippen molar-refractivity contribution < 1.29 is 14.3 Å². The number of ether oxygens (including phenoxy) is 2. The smallest absolute Gasteiger partial charge is 0.333 e. The van der Waals surface area contributed by atoms with Crippen LogP contribution in [-0.2, 0) is 9.53 Å². The first kappa shape index (κ1) is 13.8. The van der Waals surface area contributed by atoms with Crippen molar-refractivity contribution in [3.63, 3.8) is 0 Å². The first-order valence-corrected chi connectivity index (χ1v) is 5.63. The maximum absolute atomic E-state index is 11.5. The second-order valence-corrected chi connectivity index (χ2v) is 3.53. The van der Waals surface area contributed by atoms with Gasteiger partial charge in [0.25, 0.3) is 0 Å². The molecule has 0 spiro atoms. The number of nitriles is 1. The Morgan fingerprint density at radius 1 is 1.44 bits per heavy atom. The number of hydrogen-bond acceptors (Lipinski definition) is 4. The predicted octanol–water partition coefficient (Wildman–Crippen LogP) is 2.56. The van der Waals surface area contributed by atoms with Gasteiger partial charge in [0.15, 0.2) is 6.61 Å². The van der Waals surface area contributed by atoms with E-state index in [1.807, 2.05) is 24.3 Å². The van der Waals surface area contributed by atoms with Crippen LogP contribution in [0.2, 0.25) is 0 Å². The van der Waals surface area contributed by atoms with Crippen LogP contribution in [-0.4, -0.2) is 19.2 Å². The minimum atomic E-state index is -0.354. The molecule has 0 bridgehead atoms. The molecule has 0 N–H and O–H groups in total. The molecule has 94 valence electrons. The minimum Gasteiger partial charge on any atom is -0.478 e. The van der Waals surface area contributed by atoms with Gasteiger partial charge in [0.1, 0.15) is 11.8 Å². The summed E-state index contributed by atoms with van der Waals surface area (Å²) < 4.78 is 10.2. The molecular formula is C14H15NO3. The van der Waals surface area contributed by atoms with E-state index >= 15 is 0 Å². The topological polar surface area (TPSA) is 59.3 Å². The maximum Gasteiger partial charge on any atom is 0.333 e. The molecule has 0 amide bonds. The molecule has 0 atom stereocenters. The molecular weight excluding hydrogens is 230 g/mol. The lowest BCUT2D eigenvalue weighted by molar-refractivity contribution is -0.138. The Kier molecular flexibility index (Phi) is 5.46. The highest BCUT2D eigenvalue weighted by molar-refractivity contribution is 5.93. The van der Waals surface area contributed by atoms with Crippen LogP contribution in [0.3, 0.4) is 0 Å². The van der Waals surface area contributed by atoms with Crippen molar-refractivity contribution in [2.24, 2.45) is 0 Å². The highest BCUT2D eigenvalue weighted by Crippen LogP contribution is 2.21. The monoisotopic (exact) mass is 245 g/mol. The fraction of sp³-hybridized carbons (Fsp3) is 0.286. The zero-order valence-electron chi connectivity index (χ0n) is 10.5. The van der Waals surface area contributed by atoms with E-state index in [0.29, 0.717) is 17.9 Å². The lowest BCUT2D eigenvalue weighted by Gasteiger charge is -2.07. The molecule has 0 heterocycles. The van der Waals surface area contributed by atoms with Crippen LogP contribution in [0.4, 0.5) is 0 Å². The average Bonchev–Trinajstić information content (AvgIpc) is 2.38. The van der Waals surface area contributed by atoms with Gasteiger partial charge < -0.3 is 9.47 Å². The van der Waals surface area contributed by atoms with Crippen molar-refractivity contribution in [3.8, 4) is 11.8 Å². The maximum atomic E-state index is 11.5. The SMILES string of the molecule is CCOC(=O)/C(C)=C/c1ccccc1OCC#N. The van der Waals surface area contributed by atoms with Gasteiger partial charge in [0.2, 0.25) is 0 Å². The Hall–Kier alpha value is -2.28. The van der Waals surface area contributed by atoms with E-state index in [0.717, 1.165) is 5.56 Å². The molecule has 0 radical (unpaired) electrons. The van der Waals surface area contributed by atoms with Crippen molar-refractivity contribution in [1.29, 1.82) is 5.26 Å². The standard InChI is InChI=1S/C14H15NO3/c1-3-17-14(16)11(2)10-12-6-4-5-7-13(12)18-9-8-15/h4-7,10H,3,9H2,1-2H3/b11-10+. The van der Waals surface area contributed by atoms with Crippen LogP contribution in [0.5, 0.6) is 5.75 Å². The molecule has 1 rings (SSSR count). The van der Waals surface area contributed by atoms with Gasteiger partial charge in [-0.2, -0.15) is 5.26 Å². The second kappa shape index (κ2) is 7.13. The highest BCUT2D eigenvalue weighted by atomic mass is 16.5. The molecule has 0 saturated heterocycles. The van der Waals surface area contributed by atoms with Gasteiger partial charge in [-0.15, -0.1) is 0 Å². The van der Waals surface area contributed by atoms with Gasteiger partial charge >= 0.3 is 5.97 Å².